The number of fused-ring (bicyclic) bond motifs is 8. The van der Waals surface area contributed by atoms with Crippen LogP contribution in [-0.4, -0.2) is 0 Å². The topological polar surface area (TPSA) is 29.5 Å². The van der Waals surface area contributed by atoms with Crippen molar-refractivity contribution in [2.45, 2.75) is 13.3 Å². The van der Waals surface area contributed by atoms with Gasteiger partial charge in [-0.3, -0.25) is 0 Å². The Morgan fingerprint density at radius 3 is 1.89 bits per heavy atom. The number of benzene rings is 9. The molecule has 1 atom stereocenters. The summed E-state index contributed by atoms with van der Waals surface area (Å²) in [7, 11) is 0. The normalized spacial score (nSPS) is 14.2. The zero-order chi connectivity index (χ0) is 41.1. The maximum Gasteiger partial charge on any atom is 0.137 e. The van der Waals surface area contributed by atoms with E-state index in [4.69, 9.17) is 8.83 Å². The van der Waals surface area contributed by atoms with Crippen LogP contribution in [0.2, 0.25) is 0 Å². The number of nitrogens with zero attached hydrogens (tertiary/aromatic N) is 1. The molecule has 0 amide bonds. The summed E-state index contributed by atoms with van der Waals surface area (Å²) < 4.78 is 12.7. The van der Waals surface area contributed by atoms with Gasteiger partial charge in [-0.05, 0) is 117 Å². The Balaban J connectivity index is 1.01. The average molecular weight is 796 g/mol. The van der Waals surface area contributed by atoms with Crippen molar-refractivity contribution in [3.8, 4) is 33.4 Å². The van der Waals surface area contributed by atoms with Gasteiger partial charge >= 0.3 is 0 Å². The quantitative estimate of drug-likeness (QED) is 0.161. The highest BCUT2D eigenvalue weighted by atomic mass is 16.3. The second kappa shape index (κ2) is 14.7. The third-order valence-corrected chi connectivity index (χ3v) is 12.6. The maximum atomic E-state index is 6.50. The molecular formula is C59H41NO2. The number of para-hydroxylation sites is 2. The van der Waals surface area contributed by atoms with Gasteiger partial charge in [0, 0.05) is 50.3 Å². The lowest BCUT2D eigenvalue weighted by molar-refractivity contribution is 0.668. The van der Waals surface area contributed by atoms with Crippen LogP contribution in [0.4, 0.5) is 11.4 Å². The first kappa shape index (κ1) is 36.0. The van der Waals surface area contributed by atoms with Crippen molar-refractivity contribution in [1.29, 1.82) is 0 Å². The number of furan rings is 2. The second-order valence-electron chi connectivity index (χ2n) is 16.5. The van der Waals surface area contributed by atoms with Crippen LogP contribution in [0.5, 0.6) is 0 Å². The van der Waals surface area contributed by atoms with Crippen molar-refractivity contribution >= 4 is 71.6 Å². The number of allylic oxidation sites excluding steroid dienone is 3. The van der Waals surface area contributed by atoms with E-state index in [0.29, 0.717) is 5.92 Å². The maximum absolute atomic E-state index is 6.50. The zero-order valence-corrected chi connectivity index (χ0v) is 34.3. The predicted octanol–water partition coefficient (Wildman–Crippen LogP) is 16.8. The first-order valence-electron chi connectivity index (χ1n) is 21.5. The molecule has 12 rings (SSSR count). The Kier molecular flexibility index (Phi) is 8.53. The van der Waals surface area contributed by atoms with Crippen LogP contribution in [0, 0.1) is 5.92 Å². The average Bonchev–Trinajstić information content (AvgIpc) is 3.91. The summed E-state index contributed by atoms with van der Waals surface area (Å²) in [6.45, 7) is 2.30. The van der Waals surface area contributed by atoms with Gasteiger partial charge in [0.25, 0.3) is 0 Å². The first-order valence-corrected chi connectivity index (χ1v) is 21.5. The molecule has 294 valence electrons. The van der Waals surface area contributed by atoms with Crippen LogP contribution in [0.1, 0.15) is 18.9 Å². The molecule has 2 heterocycles. The molecule has 0 aliphatic heterocycles. The Labute approximate surface area is 360 Å². The molecule has 1 aliphatic carbocycles. The number of hydrogen-bond donors (Lipinski definition) is 0. The Bertz CT molecular complexity index is 3570. The van der Waals surface area contributed by atoms with Gasteiger partial charge in [-0.2, -0.15) is 0 Å². The third-order valence-electron chi connectivity index (χ3n) is 12.6. The molecule has 0 radical (unpaired) electrons. The van der Waals surface area contributed by atoms with Crippen molar-refractivity contribution in [2.75, 3.05) is 4.90 Å². The van der Waals surface area contributed by atoms with E-state index in [-0.39, 0.29) is 0 Å². The fraction of sp³-hybridized carbons (Fsp3) is 0.0508. The summed E-state index contributed by atoms with van der Waals surface area (Å²) in [5.74, 6) is 0.414. The van der Waals surface area contributed by atoms with E-state index in [2.05, 4.69) is 200 Å². The van der Waals surface area contributed by atoms with Crippen LogP contribution in [0.3, 0.4) is 0 Å². The van der Waals surface area contributed by atoms with Crippen molar-refractivity contribution in [3.05, 3.63) is 224 Å². The third kappa shape index (κ3) is 6.13. The van der Waals surface area contributed by atoms with Gasteiger partial charge in [0.1, 0.15) is 22.3 Å². The first-order chi connectivity index (χ1) is 30.6. The van der Waals surface area contributed by atoms with Gasteiger partial charge < -0.3 is 13.7 Å². The van der Waals surface area contributed by atoms with Gasteiger partial charge in [-0.25, -0.2) is 0 Å². The van der Waals surface area contributed by atoms with Gasteiger partial charge in [0.2, 0.25) is 0 Å². The number of rotatable bonds is 7. The van der Waals surface area contributed by atoms with E-state index >= 15 is 0 Å². The van der Waals surface area contributed by atoms with Crippen LogP contribution in [0.25, 0.3) is 93.6 Å². The molecular weight excluding hydrogens is 755 g/mol. The molecule has 11 aromatic rings. The van der Waals surface area contributed by atoms with E-state index in [9.17, 15) is 0 Å². The summed E-state index contributed by atoms with van der Waals surface area (Å²) >= 11 is 0. The minimum atomic E-state index is 0.414. The minimum absolute atomic E-state index is 0.414. The second-order valence-corrected chi connectivity index (χ2v) is 16.5. The minimum Gasteiger partial charge on any atom is -0.456 e. The van der Waals surface area contributed by atoms with E-state index in [1.165, 1.54) is 44.0 Å². The molecule has 0 N–H and O–H groups in total. The van der Waals surface area contributed by atoms with Crippen LogP contribution in [0.15, 0.2) is 227 Å². The highest BCUT2D eigenvalue weighted by molar-refractivity contribution is 6.19. The number of anilines is 2. The van der Waals surface area contributed by atoms with Gasteiger partial charge in [0.15, 0.2) is 0 Å². The molecule has 2 aromatic heterocycles. The Hall–Kier alpha value is -7.88. The Morgan fingerprint density at radius 2 is 1.05 bits per heavy atom. The largest absolute Gasteiger partial charge is 0.456 e. The zero-order valence-electron chi connectivity index (χ0n) is 34.3. The standard InChI is InChI=1S/C59H41NO2/c1-38-23-31-54(53(33-38)40-15-6-3-7-16-40)60(46-27-30-50-49-19-8-10-21-55(49)62-58(50)37-46)45-26-29-47(52(36-45)39-13-4-2-5-14-39)43-18-12-17-41(34-43)42-24-28-48-44(35-42)25-32-57-59(48)51-20-9-11-22-56(51)61-57/h2-22,24-38H,23H2,1H3. The smallest absolute Gasteiger partial charge is 0.137 e. The van der Waals surface area contributed by atoms with Crippen LogP contribution >= 0.6 is 0 Å². The van der Waals surface area contributed by atoms with E-state index in [0.717, 1.165) is 78.7 Å². The van der Waals surface area contributed by atoms with Crippen molar-refractivity contribution in [2.24, 2.45) is 5.92 Å². The van der Waals surface area contributed by atoms with Crippen molar-refractivity contribution < 1.29 is 8.83 Å². The SMILES string of the molecule is CC1C=C(c2ccccc2)C(N(c2ccc(-c3cccc(-c4ccc5c(ccc6oc7ccccc7c65)c4)c3)c(-c3ccccc3)c2)c2ccc3c(c2)oc2ccccc23)=CC1. The molecule has 62 heavy (non-hydrogen) atoms. The van der Waals surface area contributed by atoms with Crippen LogP contribution in [-0.2, 0) is 0 Å². The lowest BCUT2D eigenvalue weighted by atomic mass is 9.89. The van der Waals surface area contributed by atoms with Crippen molar-refractivity contribution in [1.82, 2.24) is 0 Å². The molecule has 0 spiro atoms. The lowest BCUT2D eigenvalue weighted by Gasteiger charge is -2.33. The van der Waals surface area contributed by atoms with Crippen LogP contribution < -0.4 is 4.90 Å². The molecule has 0 bridgehead atoms. The summed E-state index contributed by atoms with van der Waals surface area (Å²) in [6, 6.07) is 71.9. The molecule has 9 aromatic carbocycles. The molecule has 1 unspecified atom stereocenters. The highest BCUT2D eigenvalue weighted by Gasteiger charge is 2.25. The van der Waals surface area contributed by atoms with E-state index in [1.807, 2.05) is 24.3 Å². The van der Waals surface area contributed by atoms with E-state index < -0.39 is 0 Å². The Morgan fingerprint density at radius 1 is 0.419 bits per heavy atom. The molecule has 0 fully saturated rings. The van der Waals surface area contributed by atoms with Gasteiger partial charge in [-0.15, -0.1) is 0 Å². The molecule has 0 saturated carbocycles. The van der Waals surface area contributed by atoms with Crippen molar-refractivity contribution in [3.63, 3.8) is 0 Å². The monoisotopic (exact) mass is 795 g/mol. The summed E-state index contributed by atoms with van der Waals surface area (Å²) in [6.07, 6.45) is 5.80. The summed E-state index contributed by atoms with van der Waals surface area (Å²) in [4.78, 5) is 2.43. The fourth-order valence-electron chi connectivity index (χ4n) is 9.58. The predicted molar refractivity (Wildman–Crippen MR) is 260 cm³/mol. The lowest BCUT2D eigenvalue weighted by Crippen LogP contribution is -2.20. The molecule has 3 nitrogen and oxygen atoms in total. The van der Waals surface area contributed by atoms with Gasteiger partial charge in [-0.1, -0.05) is 159 Å². The number of hydrogen-bond acceptors (Lipinski definition) is 3. The molecule has 3 heteroatoms. The van der Waals surface area contributed by atoms with E-state index in [1.54, 1.807) is 0 Å². The molecule has 0 saturated heterocycles. The highest BCUT2D eigenvalue weighted by Crippen LogP contribution is 2.45. The summed E-state index contributed by atoms with van der Waals surface area (Å²) in [5, 5.41) is 6.95. The summed E-state index contributed by atoms with van der Waals surface area (Å²) in [5.41, 5.74) is 16.3. The molecule has 1 aliphatic rings. The fourth-order valence-corrected chi connectivity index (χ4v) is 9.58. The van der Waals surface area contributed by atoms with Gasteiger partial charge in [0.05, 0.1) is 0 Å².